The van der Waals surface area contributed by atoms with E-state index in [4.69, 9.17) is 0 Å². The molecule has 1 aromatic rings. The molecule has 0 N–H and O–H groups in total. The topological polar surface area (TPSA) is 29.0 Å². The van der Waals surface area contributed by atoms with Crippen molar-refractivity contribution in [2.75, 3.05) is 18.0 Å². The van der Waals surface area contributed by atoms with E-state index in [0.29, 0.717) is 12.1 Å². The molecule has 0 spiro atoms. The van der Waals surface area contributed by atoms with E-state index in [2.05, 4.69) is 9.97 Å². The number of aromatic nitrogens is 2. The van der Waals surface area contributed by atoms with E-state index in [-0.39, 0.29) is 18.9 Å². The number of anilines is 1. The first-order valence-corrected chi connectivity index (χ1v) is 4.60. The number of rotatable bonds is 2. The van der Waals surface area contributed by atoms with Crippen LogP contribution in [0.4, 0.5) is 14.6 Å². The molecule has 0 aromatic carbocycles. The summed E-state index contributed by atoms with van der Waals surface area (Å²) in [6.07, 6.45) is 0.992. The van der Waals surface area contributed by atoms with Gasteiger partial charge in [-0.2, -0.15) is 0 Å². The molecule has 0 atom stereocenters. The quantitative estimate of drug-likeness (QED) is 0.719. The molecule has 3 nitrogen and oxygen atoms in total. The van der Waals surface area contributed by atoms with Gasteiger partial charge < -0.3 is 4.90 Å². The fraction of sp³-hybridized carbons (Fsp3) is 0.556. The summed E-state index contributed by atoms with van der Waals surface area (Å²) in [5, 5.41) is 0. The predicted octanol–water partition coefficient (Wildman–Crippen LogP) is 1.34. The molecular formula is C9H11F2N3. The molecule has 76 valence electrons. The van der Waals surface area contributed by atoms with Gasteiger partial charge in [0.2, 0.25) is 0 Å². The molecule has 0 amide bonds. The van der Waals surface area contributed by atoms with E-state index >= 15 is 0 Å². The fourth-order valence-corrected chi connectivity index (χ4v) is 1.46. The number of hydrogen-bond acceptors (Lipinski definition) is 3. The molecule has 2 heterocycles. The number of aryl methyl sites for hydroxylation is 1. The van der Waals surface area contributed by atoms with Crippen molar-refractivity contribution in [1.82, 2.24) is 9.97 Å². The maximum atomic E-state index is 13.6. The van der Waals surface area contributed by atoms with Gasteiger partial charge in [-0.3, -0.25) is 0 Å². The van der Waals surface area contributed by atoms with Crippen LogP contribution < -0.4 is 4.90 Å². The minimum atomic E-state index is -0.852. The Morgan fingerprint density at radius 3 is 2.79 bits per heavy atom. The average molecular weight is 199 g/mol. The number of nitrogens with zero attached hydrogens (tertiary/aromatic N) is 3. The van der Waals surface area contributed by atoms with E-state index in [1.807, 2.05) is 6.92 Å². The van der Waals surface area contributed by atoms with Gasteiger partial charge >= 0.3 is 0 Å². The van der Waals surface area contributed by atoms with Crippen LogP contribution in [0.1, 0.15) is 12.6 Å². The highest BCUT2D eigenvalue weighted by Crippen LogP contribution is 2.24. The van der Waals surface area contributed by atoms with E-state index in [1.54, 1.807) is 4.90 Å². The fourth-order valence-electron chi connectivity index (χ4n) is 1.46. The maximum Gasteiger partial charge on any atom is 0.187 e. The summed E-state index contributed by atoms with van der Waals surface area (Å²) in [4.78, 5) is 9.21. The highest BCUT2D eigenvalue weighted by molar-refractivity contribution is 5.44. The van der Waals surface area contributed by atoms with Crippen LogP contribution in [0, 0.1) is 5.82 Å². The molecule has 0 aliphatic carbocycles. The Kier molecular flexibility index (Phi) is 2.31. The van der Waals surface area contributed by atoms with Crippen molar-refractivity contribution in [2.24, 2.45) is 0 Å². The predicted molar refractivity (Wildman–Crippen MR) is 48.5 cm³/mol. The summed E-state index contributed by atoms with van der Waals surface area (Å²) < 4.78 is 26.1. The summed E-state index contributed by atoms with van der Waals surface area (Å²) in [6.45, 7) is 2.29. The lowest BCUT2D eigenvalue weighted by atomic mass is 10.2. The summed E-state index contributed by atoms with van der Waals surface area (Å²) in [5.74, 6) is -0.187. The van der Waals surface area contributed by atoms with Gasteiger partial charge in [-0.1, -0.05) is 6.92 Å². The lowest BCUT2D eigenvalue weighted by Crippen LogP contribution is -2.49. The van der Waals surface area contributed by atoms with E-state index < -0.39 is 12.0 Å². The van der Waals surface area contributed by atoms with E-state index in [0.717, 1.165) is 0 Å². The second-order valence-corrected chi connectivity index (χ2v) is 3.31. The zero-order chi connectivity index (χ0) is 10.1. The van der Waals surface area contributed by atoms with Gasteiger partial charge in [0.15, 0.2) is 11.6 Å². The first kappa shape index (κ1) is 9.30. The molecule has 1 saturated heterocycles. The minimum absolute atomic E-state index is 0.228. The van der Waals surface area contributed by atoms with Crippen molar-refractivity contribution in [3.8, 4) is 0 Å². The normalized spacial score (nSPS) is 16.9. The van der Waals surface area contributed by atoms with Crippen molar-refractivity contribution < 1.29 is 8.78 Å². The van der Waals surface area contributed by atoms with Crippen LogP contribution in [0.25, 0.3) is 0 Å². The second kappa shape index (κ2) is 3.48. The van der Waals surface area contributed by atoms with Crippen molar-refractivity contribution >= 4 is 5.82 Å². The zero-order valence-electron chi connectivity index (χ0n) is 7.87. The summed E-state index contributed by atoms with van der Waals surface area (Å²) >= 11 is 0. The van der Waals surface area contributed by atoms with E-state index in [1.165, 1.54) is 6.33 Å². The average Bonchev–Trinajstić information content (AvgIpc) is 2.14. The highest BCUT2D eigenvalue weighted by atomic mass is 19.1. The molecule has 1 aromatic heterocycles. The van der Waals surface area contributed by atoms with Crippen LogP contribution >= 0.6 is 0 Å². The first-order valence-electron chi connectivity index (χ1n) is 4.60. The lowest BCUT2D eigenvalue weighted by Gasteiger charge is -2.35. The minimum Gasteiger partial charge on any atom is -0.348 e. The largest absolute Gasteiger partial charge is 0.348 e. The molecule has 0 radical (unpaired) electrons. The van der Waals surface area contributed by atoms with Crippen LogP contribution in [0.3, 0.4) is 0 Å². The third kappa shape index (κ3) is 1.42. The van der Waals surface area contributed by atoms with Gasteiger partial charge in [0.25, 0.3) is 0 Å². The van der Waals surface area contributed by atoms with Gasteiger partial charge in [-0.15, -0.1) is 0 Å². The Bertz CT molecular complexity index is 337. The molecule has 0 bridgehead atoms. The Balaban J connectivity index is 2.25. The lowest BCUT2D eigenvalue weighted by molar-refractivity contribution is 0.271. The van der Waals surface area contributed by atoms with Gasteiger partial charge in [-0.05, 0) is 6.42 Å². The number of alkyl halides is 1. The first-order chi connectivity index (χ1) is 6.72. The molecule has 0 unspecified atom stereocenters. The van der Waals surface area contributed by atoms with Crippen molar-refractivity contribution in [3.63, 3.8) is 0 Å². The molecule has 1 aliphatic heterocycles. The maximum absolute atomic E-state index is 13.6. The summed E-state index contributed by atoms with van der Waals surface area (Å²) in [6, 6.07) is 0. The van der Waals surface area contributed by atoms with Gasteiger partial charge in [0.05, 0.1) is 18.8 Å². The Morgan fingerprint density at radius 2 is 2.21 bits per heavy atom. The Hall–Kier alpha value is -1.26. The van der Waals surface area contributed by atoms with Gasteiger partial charge in [0.1, 0.15) is 12.5 Å². The molecular weight excluding hydrogens is 188 g/mol. The SMILES string of the molecule is CCc1ncnc(N2CC(F)C2)c1F. The molecule has 1 fully saturated rings. The van der Waals surface area contributed by atoms with Crippen LogP contribution in [0.5, 0.6) is 0 Å². The molecule has 1 aliphatic rings. The Labute approximate surface area is 80.8 Å². The number of halogens is 2. The highest BCUT2D eigenvalue weighted by Gasteiger charge is 2.30. The monoisotopic (exact) mass is 199 g/mol. The van der Waals surface area contributed by atoms with Crippen LogP contribution in [-0.4, -0.2) is 29.2 Å². The van der Waals surface area contributed by atoms with Gasteiger partial charge in [-0.25, -0.2) is 18.7 Å². The molecule has 0 saturated carbocycles. The van der Waals surface area contributed by atoms with Crippen molar-refractivity contribution in [3.05, 3.63) is 17.8 Å². The smallest absolute Gasteiger partial charge is 0.187 e. The molecule has 5 heteroatoms. The Morgan fingerprint density at radius 1 is 1.50 bits per heavy atom. The standard InChI is InChI=1S/C9H11F2N3/c1-2-7-8(11)9(13-5-12-7)14-3-6(10)4-14/h5-6H,2-4H2,1H3. The van der Waals surface area contributed by atoms with Gasteiger partial charge in [0, 0.05) is 0 Å². The zero-order valence-corrected chi connectivity index (χ0v) is 7.87. The number of hydrogen-bond donors (Lipinski definition) is 0. The van der Waals surface area contributed by atoms with E-state index in [9.17, 15) is 8.78 Å². The second-order valence-electron chi connectivity index (χ2n) is 3.31. The van der Waals surface area contributed by atoms with Crippen LogP contribution in [-0.2, 0) is 6.42 Å². The third-order valence-corrected chi connectivity index (χ3v) is 2.31. The van der Waals surface area contributed by atoms with Crippen molar-refractivity contribution in [1.29, 1.82) is 0 Å². The third-order valence-electron chi connectivity index (χ3n) is 2.31. The van der Waals surface area contributed by atoms with Crippen LogP contribution in [0.2, 0.25) is 0 Å². The molecule has 2 rings (SSSR count). The van der Waals surface area contributed by atoms with Crippen molar-refractivity contribution in [2.45, 2.75) is 19.5 Å². The molecule has 14 heavy (non-hydrogen) atoms. The van der Waals surface area contributed by atoms with Crippen LogP contribution in [0.15, 0.2) is 6.33 Å². The summed E-state index contributed by atoms with van der Waals surface area (Å²) in [7, 11) is 0. The summed E-state index contributed by atoms with van der Waals surface area (Å²) in [5.41, 5.74) is 0.386.